The van der Waals surface area contributed by atoms with Gasteiger partial charge >= 0.3 is 0 Å². The van der Waals surface area contributed by atoms with Gasteiger partial charge in [0.05, 0.1) is 22.5 Å². The maximum atomic E-state index is 12.3. The predicted molar refractivity (Wildman–Crippen MR) is 76.7 cm³/mol. The Labute approximate surface area is 121 Å². The van der Waals surface area contributed by atoms with Crippen LogP contribution in [0.1, 0.15) is 28.5 Å². The number of carbonyl (C=O) groups excluding carboxylic acids is 1. The molecule has 1 aromatic carbocycles. The molecule has 2 rings (SSSR count). The van der Waals surface area contributed by atoms with Crippen molar-refractivity contribution in [3.05, 3.63) is 46.2 Å². The van der Waals surface area contributed by atoms with E-state index in [9.17, 15) is 4.79 Å². The number of aromatic nitrogens is 2. The van der Waals surface area contributed by atoms with E-state index in [0.29, 0.717) is 34.0 Å². The van der Waals surface area contributed by atoms with E-state index in [-0.39, 0.29) is 5.91 Å². The zero-order valence-corrected chi connectivity index (χ0v) is 11.9. The van der Waals surface area contributed by atoms with Crippen molar-refractivity contribution in [2.75, 3.05) is 5.32 Å². The van der Waals surface area contributed by atoms with E-state index in [1.807, 2.05) is 13.0 Å². The van der Waals surface area contributed by atoms with E-state index in [4.69, 9.17) is 16.9 Å². The molecule has 1 aromatic heterocycles. The first kappa shape index (κ1) is 14.1. The summed E-state index contributed by atoms with van der Waals surface area (Å²) in [6.45, 7) is 1.93. The Morgan fingerprint density at radius 1 is 1.55 bits per heavy atom. The van der Waals surface area contributed by atoms with Crippen molar-refractivity contribution >= 4 is 23.2 Å². The van der Waals surface area contributed by atoms with E-state index >= 15 is 0 Å². The second-order valence-corrected chi connectivity index (χ2v) is 4.71. The van der Waals surface area contributed by atoms with E-state index in [1.165, 1.54) is 0 Å². The normalized spacial score (nSPS) is 10.1. The fraction of sp³-hybridized carbons (Fsp3) is 0.214. The molecule has 0 aliphatic carbocycles. The number of nitriles is 1. The van der Waals surface area contributed by atoms with Gasteiger partial charge in [0.1, 0.15) is 6.07 Å². The summed E-state index contributed by atoms with van der Waals surface area (Å²) < 4.78 is 1.59. The van der Waals surface area contributed by atoms with Crippen LogP contribution >= 0.6 is 11.6 Å². The number of nitrogens with zero attached hydrogens (tertiary/aromatic N) is 3. The molecule has 1 N–H and O–H groups in total. The summed E-state index contributed by atoms with van der Waals surface area (Å²) in [6, 6.07) is 6.75. The molecular formula is C14H13ClN4O. The van der Waals surface area contributed by atoms with Crippen LogP contribution in [0.3, 0.4) is 0 Å². The van der Waals surface area contributed by atoms with Gasteiger partial charge in [0, 0.05) is 18.3 Å². The van der Waals surface area contributed by atoms with Gasteiger partial charge < -0.3 is 5.32 Å². The predicted octanol–water partition coefficient (Wildman–Crippen LogP) is 2.76. The van der Waals surface area contributed by atoms with Crippen LogP contribution < -0.4 is 5.32 Å². The van der Waals surface area contributed by atoms with Crippen molar-refractivity contribution in [2.24, 2.45) is 7.05 Å². The van der Waals surface area contributed by atoms with Gasteiger partial charge in [0.25, 0.3) is 5.91 Å². The Hall–Kier alpha value is -2.32. The Balaban J connectivity index is 2.32. The zero-order chi connectivity index (χ0) is 14.7. The van der Waals surface area contributed by atoms with Crippen molar-refractivity contribution in [2.45, 2.75) is 13.3 Å². The van der Waals surface area contributed by atoms with Crippen LogP contribution in [-0.4, -0.2) is 15.7 Å². The summed E-state index contributed by atoms with van der Waals surface area (Å²) in [7, 11) is 1.76. The lowest BCUT2D eigenvalue weighted by atomic mass is 10.1. The highest BCUT2D eigenvalue weighted by atomic mass is 35.5. The van der Waals surface area contributed by atoms with Gasteiger partial charge in [-0.25, -0.2) is 0 Å². The van der Waals surface area contributed by atoms with Crippen LogP contribution in [-0.2, 0) is 13.5 Å². The molecule has 0 unspecified atom stereocenters. The molecule has 0 saturated heterocycles. The number of carbonyl (C=O) groups is 1. The maximum absolute atomic E-state index is 12.3. The fourth-order valence-electron chi connectivity index (χ4n) is 1.89. The second-order valence-electron chi connectivity index (χ2n) is 4.27. The van der Waals surface area contributed by atoms with Gasteiger partial charge in [0.15, 0.2) is 0 Å². The van der Waals surface area contributed by atoms with Crippen molar-refractivity contribution in [3.63, 3.8) is 0 Å². The standard InChI is InChI=1S/C14H13ClN4O/c1-3-12-11(8-19(2)18-12)14(20)17-13-6-10(15)5-4-9(13)7-16/h4-6,8H,3H2,1-2H3,(H,17,20). The summed E-state index contributed by atoms with van der Waals surface area (Å²) in [4.78, 5) is 12.3. The molecule has 0 bridgehead atoms. The summed E-state index contributed by atoms with van der Waals surface area (Å²) >= 11 is 5.89. The molecule has 0 aliphatic rings. The molecule has 0 saturated carbocycles. The lowest BCUT2D eigenvalue weighted by molar-refractivity contribution is 0.102. The van der Waals surface area contributed by atoms with E-state index in [2.05, 4.69) is 10.4 Å². The van der Waals surface area contributed by atoms with Crippen molar-refractivity contribution in [1.82, 2.24) is 9.78 Å². The number of nitrogens with one attached hydrogen (secondary N) is 1. The first-order valence-electron chi connectivity index (χ1n) is 6.08. The van der Waals surface area contributed by atoms with Crippen LogP contribution in [0.5, 0.6) is 0 Å². The molecule has 6 heteroatoms. The van der Waals surface area contributed by atoms with Crippen LogP contribution in [0, 0.1) is 11.3 Å². The zero-order valence-electron chi connectivity index (χ0n) is 11.1. The fourth-order valence-corrected chi connectivity index (χ4v) is 2.06. The Kier molecular flexibility index (Phi) is 4.06. The molecule has 0 spiro atoms. The number of benzene rings is 1. The Bertz CT molecular complexity index is 700. The van der Waals surface area contributed by atoms with Gasteiger partial charge in [-0.1, -0.05) is 18.5 Å². The van der Waals surface area contributed by atoms with Gasteiger partial charge in [0.2, 0.25) is 0 Å². The molecule has 1 heterocycles. The molecule has 0 fully saturated rings. The first-order valence-corrected chi connectivity index (χ1v) is 6.46. The first-order chi connectivity index (χ1) is 9.55. The van der Waals surface area contributed by atoms with Gasteiger partial charge in [-0.3, -0.25) is 9.48 Å². The number of amides is 1. The van der Waals surface area contributed by atoms with E-state index in [0.717, 1.165) is 0 Å². The molecule has 0 radical (unpaired) electrons. The van der Waals surface area contributed by atoms with E-state index in [1.54, 1.807) is 36.1 Å². The third kappa shape index (κ3) is 2.81. The SMILES string of the molecule is CCc1nn(C)cc1C(=O)Nc1cc(Cl)ccc1C#N. The van der Waals surface area contributed by atoms with Crippen molar-refractivity contribution < 1.29 is 4.79 Å². The van der Waals surface area contributed by atoms with Crippen LogP contribution in [0.15, 0.2) is 24.4 Å². The minimum Gasteiger partial charge on any atom is -0.321 e. The van der Waals surface area contributed by atoms with Crippen molar-refractivity contribution in [1.29, 1.82) is 5.26 Å². The number of anilines is 1. The molecule has 102 valence electrons. The Morgan fingerprint density at radius 2 is 2.30 bits per heavy atom. The molecule has 5 nitrogen and oxygen atoms in total. The van der Waals surface area contributed by atoms with E-state index < -0.39 is 0 Å². The number of hydrogen-bond donors (Lipinski definition) is 1. The topological polar surface area (TPSA) is 70.7 Å². The molecular weight excluding hydrogens is 276 g/mol. The van der Waals surface area contributed by atoms with Crippen LogP contribution in [0.4, 0.5) is 5.69 Å². The van der Waals surface area contributed by atoms with Crippen LogP contribution in [0.2, 0.25) is 5.02 Å². The molecule has 2 aromatic rings. The number of rotatable bonds is 3. The third-order valence-corrected chi connectivity index (χ3v) is 3.07. The van der Waals surface area contributed by atoms with Gasteiger partial charge in [-0.2, -0.15) is 10.4 Å². The third-order valence-electron chi connectivity index (χ3n) is 2.84. The smallest absolute Gasteiger partial charge is 0.259 e. The molecule has 20 heavy (non-hydrogen) atoms. The lowest BCUT2D eigenvalue weighted by Gasteiger charge is -2.07. The number of halogens is 1. The Morgan fingerprint density at radius 3 is 2.95 bits per heavy atom. The number of aryl methyl sites for hydroxylation is 2. The average Bonchev–Trinajstić information content (AvgIpc) is 2.80. The summed E-state index contributed by atoms with van der Waals surface area (Å²) in [5, 5.41) is 16.4. The quantitative estimate of drug-likeness (QED) is 0.944. The monoisotopic (exact) mass is 288 g/mol. The van der Waals surface area contributed by atoms with Crippen molar-refractivity contribution in [3.8, 4) is 6.07 Å². The van der Waals surface area contributed by atoms with Crippen LogP contribution in [0.25, 0.3) is 0 Å². The highest BCUT2D eigenvalue weighted by Gasteiger charge is 2.16. The second kappa shape index (κ2) is 5.76. The summed E-state index contributed by atoms with van der Waals surface area (Å²) in [6.07, 6.45) is 2.31. The minimum atomic E-state index is -0.297. The molecule has 0 aliphatic heterocycles. The number of hydrogen-bond acceptors (Lipinski definition) is 3. The summed E-state index contributed by atoms with van der Waals surface area (Å²) in [5.41, 5.74) is 1.98. The molecule has 0 atom stereocenters. The highest BCUT2D eigenvalue weighted by molar-refractivity contribution is 6.31. The summed E-state index contributed by atoms with van der Waals surface area (Å²) in [5.74, 6) is -0.297. The lowest BCUT2D eigenvalue weighted by Crippen LogP contribution is -2.14. The van der Waals surface area contributed by atoms with Gasteiger partial charge in [-0.15, -0.1) is 0 Å². The minimum absolute atomic E-state index is 0.297. The average molecular weight is 289 g/mol. The maximum Gasteiger partial charge on any atom is 0.259 e. The highest BCUT2D eigenvalue weighted by Crippen LogP contribution is 2.21. The van der Waals surface area contributed by atoms with Gasteiger partial charge in [-0.05, 0) is 24.6 Å². The molecule has 1 amide bonds. The largest absolute Gasteiger partial charge is 0.321 e.